The van der Waals surface area contributed by atoms with E-state index in [4.69, 9.17) is 4.74 Å². The maximum atomic E-state index is 12.8. The predicted octanol–water partition coefficient (Wildman–Crippen LogP) is 4.37. The van der Waals surface area contributed by atoms with Crippen LogP contribution in [0.3, 0.4) is 0 Å². The summed E-state index contributed by atoms with van der Waals surface area (Å²) in [7, 11) is 0. The molecule has 3 rings (SSSR count). The first kappa shape index (κ1) is 19.9. The number of anilines is 2. The van der Waals surface area contributed by atoms with Crippen molar-refractivity contribution < 1.29 is 14.3 Å². The Labute approximate surface area is 166 Å². The second-order valence-corrected chi connectivity index (χ2v) is 8.12. The number of rotatable bonds is 5. The van der Waals surface area contributed by atoms with E-state index in [9.17, 15) is 9.59 Å². The van der Waals surface area contributed by atoms with Crippen molar-refractivity contribution in [2.45, 2.75) is 39.5 Å². The van der Waals surface area contributed by atoms with E-state index in [0.29, 0.717) is 13.2 Å². The zero-order valence-electron chi connectivity index (χ0n) is 17.0. The number of nitrogens with one attached hydrogen (secondary N) is 1. The molecule has 1 unspecified atom stereocenters. The highest BCUT2D eigenvalue weighted by Gasteiger charge is 2.35. The molecule has 2 aromatic carbocycles. The van der Waals surface area contributed by atoms with Gasteiger partial charge in [-0.25, -0.2) is 0 Å². The fraction of sp³-hybridized carbons (Fsp3) is 0.391. The smallest absolute Gasteiger partial charge is 0.229 e. The zero-order valence-corrected chi connectivity index (χ0v) is 17.0. The minimum Gasteiger partial charge on any atom is -0.494 e. The third-order valence-electron chi connectivity index (χ3n) is 4.95. The molecule has 1 atom stereocenters. The molecule has 0 spiro atoms. The highest BCUT2D eigenvalue weighted by molar-refractivity contribution is 6.03. The van der Waals surface area contributed by atoms with E-state index in [2.05, 4.69) is 26.1 Å². The van der Waals surface area contributed by atoms with Crippen LogP contribution in [0.2, 0.25) is 0 Å². The first-order chi connectivity index (χ1) is 13.3. The monoisotopic (exact) mass is 380 g/mol. The summed E-state index contributed by atoms with van der Waals surface area (Å²) in [5, 5.41) is 3.04. The van der Waals surface area contributed by atoms with Gasteiger partial charge in [0.25, 0.3) is 0 Å². The summed E-state index contributed by atoms with van der Waals surface area (Å²) >= 11 is 0. The number of carbonyl (C=O) groups is 2. The van der Waals surface area contributed by atoms with Crippen molar-refractivity contribution in [1.82, 2.24) is 0 Å². The number of nitrogens with zero attached hydrogens (tertiary/aromatic N) is 1. The summed E-state index contributed by atoms with van der Waals surface area (Å²) in [6.45, 7) is 9.26. The van der Waals surface area contributed by atoms with Crippen molar-refractivity contribution in [3.8, 4) is 5.75 Å². The number of hydrogen-bond acceptors (Lipinski definition) is 3. The summed E-state index contributed by atoms with van der Waals surface area (Å²) in [6.07, 6.45) is 0.219. The van der Waals surface area contributed by atoms with Gasteiger partial charge in [-0.1, -0.05) is 39.0 Å². The van der Waals surface area contributed by atoms with Gasteiger partial charge in [0.15, 0.2) is 0 Å². The Kier molecular flexibility index (Phi) is 5.73. The molecule has 1 saturated heterocycles. The molecule has 0 aliphatic carbocycles. The standard InChI is InChI=1S/C23H28N2O3/c1-5-28-18-12-10-17(11-13-18)25-15-16(14-21(25)26)22(27)24-20-9-7-6-8-19(20)23(2,3)4/h6-13,16H,5,14-15H2,1-4H3,(H,24,27). The van der Waals surface area contributed by atoms with Gasteiger partial charge in [0, 0.05) is 24.3 Å². The summed E-state index contributed by atoms with van der Waals surface area (Å²) in [6, 6.07) is 15.2. The van der Waals surface area contributed by atoms with Gasteiger partial charge in [-0.15, -0.1) is 0 Å². The number of benzene rings is 2. The molecule has 28 heavy (non-hydrogen) atoms. The molecular weight excluding hydrogens is 352 g/mol. The molecule has 0 bridgehead atoms. The molecule has 5 nitrogen and oxygen atoms in total. The maximum absolute atomic E-state index is 12.8. The predicted molar refractivity (Wildman–Crippen MR) is 112 cm³/mol. The first-order valence-electron chi connectivity index (χ1n) is 9.73. The Bertz CT molecular complexity index is 853. The Morgan fingerprint density at radius 1 is 1.14 bits per heavy atom. The van der Waals surface area contributed by atoms with E-state index in [1.54, 1.807) is 4.90 Å². The minimum atomic E-state index is -0.368. The van der Waals surface area contributed by atoms with E-state index < -0.39 is 0 Å². The lowest BCUT2D eigenvalue weighted by atomic mass is 9.85. The molecule has 2 aromatic rings. The SMILES string of the molecule is CCOc1ccc(N2CC(C(=O)Nc3ccccc3C(C)(C)C)CC2=O)cc1. The second kappa shape index (κ2) is 8.05. The van der Waals surface area contributed by atoms with Gasteiger partial charge in [0.2, 0.25) is 11.8 Å². The number of amides is 2. The van der Waals surface area contributed by atoms with E-state index in [-0.39, 0.29) is 29.6 Å². The third-order valence-corrected chi connectivity index (χ3v) is 4.95. The van der Waals surface area contributed by atoms with Crippen LogP contribution in [0, 0.1) is 5.92 Å². The molecule has 5 heteroatoms. The zero-order chi connectivity index (χ0) is 20.3. The molecule has 1 fully saturated rings. The van der Waals surface area contributed by atoms with Crippen LogP contribution in [0.5, 0.6) is 5.75 Å². The molecule has 1 heterocycles. The van der Waals surface area contributed by atoms with Crippen LogP contribution in [0.15, 0.2) is 48.5 Å². The molecule has 0 radical (unpaired) electrons. The highest BCUT2D eigenvalue weighted by atomic mass is 16.5. The Hall–Kier alpha value is -2.82. The first-order valence-corrected chi connectivity index (χ1v) is 9.73. The summed E-state index contributed by atoms with van der Waals surface area (Å²) in [5.41, 5.74) is 2.60. The van der Waals surface area contributed by atoms with E-state index in [1.165, 1.54) is 0 Å². The molecule has 0 aromatic heterocycles. The minimum absolute atomic E-state index is 0.0339. The molecular formula is C23H28N2O3. The van der Waals surface area contributed by atoms with Gasteiger partial charge < -0.3 is 15.0 Å². The maximum Gasteiger partial charge on any atom is 0.229 e. The number of carbonyl (C=O) groups excluding carboxylic acids is 2. The van der Waals surface area contributed by atoms with Gasteiger partial charge in [-0.2, -0.15) is 0 Å². The van der Waals surface area contributed by atoms with E-state index in [1.807, 2.05) is 55.5 Å². The fourth-order valence-corrected chi connectivity index (χ4v) is 3.50. The number of ether oxygens (including phenoxy) is 1. The van der Waals surface area contributed by atoms with Crippen molar-refractivity contribution in [3.05, 3.63) is 54.1 Å². The van der Waals surface area contributed by atoms with Crippen LogP contribution in [-0.2, 0) is 15.0 Å². The van der Waals surface area contributed by atoms with Crippen LogP contribution in [0.1, 0.15) is 39.7 Å². The van der Waals surface area contributed by atoms with Crippen LogP contribution in [0.4, 0.5) is 11.4 Å². The molecule has 1 N–H and O–H groups in total. The van der Waals surface area contributed by atoms with Crippen molar-refractivity contribution in [2.75, 3.05) is 23.4 Å². The molecule has 0 saturated carbocycles. The Morgan fingerprint density at radius 2 is 1.82 bits per heavy atom. The summed E-state index contributed by atoms with van der Waals surface area (Å²) in [5.74, 6) is 0.255. The third kappa shape index (κ3) is 4.35. The Balaban J connectivity index is 1.71. The van der Waals surface area contributed by atoms with Crippen molar-refractivity contribution >= 4 is 23.2 Å². The summed E-state index contributed by atoms with van der Waals surface area (Å²) in [4.78, 5) is 27.0. The molecule has 2 amide bonds. The second-order valence-electron chi connectivity index (χ2n) is 8.12. The lowest BCUT2D eigenvalue weighted by molar-refractivity contribution is -0.122. The number of para-hydroxylation sites is 1. The van der Waals surface area contributed by atoms with Gasteiger partial charge in [0.05, 0.1) is 12.5 Å². The van der Waals surface area contributed by atoms with Gasteiger partial charge in [0.1, 0.15) is 5.75 Å². The quantitative estimate of drug-likeness (QED) is 0.838. The molecule has 1 aliphatic heterocycles. The number of hydrogen-bond donors (Lipinski definition) is 1. The van der Waals surface area contributed by atoms with E-state index in [0.717, 1.165) is 22.7 Å². The lowest BCUT2D eigenvalue weighted by Gasteiger charge is -2.23. The van der Waals surface area contributed by atoms with Crippen LogP contribution in [0.25, 0.3) is 0 Å². The van der Waals surface area contributed by atoms with Gasteiger partial charge in [-0.05, 0) is 48.2 Å². The molecule has 1 aliphatic rings. The largest absolute Gasteiger partial charge is 0.494 e. The van der Waals surface area contributed by atoms with Crippen LogP contribution in [-0.4, -0.2) is 25.0 Å². The average Bonchev–Trinajstić information content (AvgIpc) is 3.04. The van der Waals surface area contributed by atoms with Crippen LogP contribution < -0.4 is 15.0 Å². The van der Waals surface area contributed by atoms with Crippen molar-refractivity contribution in [2.24, 2.45) is 5.92 Å². The summed E-state index contributed by atoms with van der Waals surface area (Å²) < 4.78 is 5.45. The van der Waals surface area contributed by atoms with Crippen LogP contribution >= 0.6 is 0 Å². The van der Waals surface area contributed by atoms with E-state index >= 15 is 0 Å². The van der Waals surface area contributed by atoms with Gasteiger partial charge in [-0.3, -0.25) is 9.59 Å². The van der Waals surface area contributed by atoms with Gasteiger partial charge >= 0.3 is 0 Å². The Morgan fingerprint density at radius 3 is 2.46 bits per heavy atom. The lowest BCUT2D eigenvalue weighted by Crippen LogP contribution is -2.28. The average molecular weight is 380 g/mol. The highest BCUT2D eigenvalue weighted by Crippen LogP contribution is 2.31. The van der Waals surface area contributed by atoms with Crippen molar-refractivity contribution in [3.63, 3.8) is 0 Å². The van der Waals surface area contributed by atoms with Crippen molar-refractivity contribution in [1.29, 1.82) is 0 Å². The topological polar surface area (TPSA) is 58.6 Å². The normalized spacial score (nSPS) is 16.9. The molecule has 148 valence electrons. The fourth-order valence-electron chi connectivity index (χ4n) is 3.50.